The summed E-state index contributed by atoms with van der Waals surface area (Å²) >= 11 is 5.99. The van der Waals surface area contributed by atoms with Gasteiger partial charge in [0.25, 0.3) is 0 Å². The first-order chi connectivity index (χ1) is 12.1. The van der Waals surface area contributed by atoms with Crippen molar-refractivity contribution in [3.05, 3.63) is 65.3 Å². The van der Waals surface area contributed by atoms with E-state index in [0.29, 0.717) is 18.0 Å². The molecule has 1 atom stereocenters. The molecule has 4 nitrogen and oxygen atoms in total. The van der Waals surface area contributed by atoms with E-state index in [1.54, 1.807) is 22.5 Å². The van der Waals surface area contributed by atoms with E-state index in [0.717, 1.165) is 29.3 Å². The van der Waals surface area contributed by atoms with E-state index < -0.39 is 10.0 Å². The van der Waals surface area contributed by atoms with Crippen molar-refractivity contribution in [1.29, 1.82) is 0 Å². The molecule has 1 N–H and O–H groups in total. The molecule has 1 saturated heterocycles. The lowest BCUT2D eigenvalue weighted by Crippen LogP contribution is -2.36. The fourth-order valence-corrected chi connectivity index (χ4v) is 5.64. The number of halogens is 1. The monoisotopic (exact) mass is 374 g/mol. The van der Waals surface area contributed by atoms with Gasteiger partial charge in [-0.1, -0.05) is 35.9 Å². The highest BCUT2D eigenvalue weighted by atomic mass is 35.5. The molecule has 3 aromatic rings. The van der Waals surface area contributed by atoms with Crippen LogP contribution in [0.3, 0.4) is 0 Å². The predicted molar refractivity (Wildman–Crippen MR) is 100 cm³/mol. The standard InChI is InChI=1S/C19H19ClN2O2S/c20-15-5-3-7-17(12-15)25(23,24)22-10-4-6-16(22)11-14-13-21-19-9-2-1-8-18(14)19/h1-3,5,7-9,12-13,16,21H,4,6,10-11H2. The average Bonchev–Trinajstić information content (AvgIpc) is 3.23. The molecule has 0 aliphatic carbocycles. The van der Waals surface area contributed by atoms with Gasteiger partial charge in [0.1, 0.15) is 0 Å². The highest BCUT2D eigenvalue weighted by Gasteiger charge is 2.35. The molecule has 1 aliphatic heterocycles. The highest BCUT2D eigenvalue weighted by molar-refractivity contribution is 7.89. The summed E-state index contributed by atoms with van der Waals surface area (Å²) in [5.41, 5.74) is 2.24. The summed E-state index contributed by atoms with van der Waals surface area (Å²) in [6, 6.07) is 14.6. The fraction of sp³-hybridized carbons (Fsp3) is 0.263. The van der Waals surface area contributed by atoms with Crippen LogP contribution in [-0.2, 0) is 16.4 Å². The number of aromatic amines is 1. The molecule has 1 aromatic heterocycles. The van der Waals surface area contributed by atoms with Crippen LogP contribution in [-0.4, -0.2) is 30.3 Å². The van der Waals surface area contributed by atoms with Crippen LogP contribution < -0.4 is 0 Å². The summed E-state index contributed by atoms with van der Waals surface area (Å²) in [6.45, 7) is 0.557. The lowest BCUT2D eigenvalue weighted by Gasteiger charge is -2.24. The normalized spacial score (nSPS) is 18.8. The van der Waals surface area contributed by atoms with Gasteiger partial charge in [-0.15, -0.1) is 0 Å². The van der Waals surface area contributed by atoms with Crippen molar-refractivity contribution in [3.8, 4) is 0 Å². The molecular weight excluding hydrogens is 356 g/mol. The number of rotatable bonds is 4. The third-order valence-corrected chi connectivity index (χ3v) is 7.04. The first kappa shape index (κ1) is 16.6. The number of sulfonamides is 1. The molecule has 1 fully saturated rings. The van der Waals surface area contributed by atoms with Crippen molar-refractivity contribution in [2.75, 3.05) is 6.54 Å². The van der Waals surface area contributed by atoms with Crippen LogP contribution in [0, 0.1) is 0 Å². The lowest BCUT2D eigenvalue weighted by molar-refractivity contribution is 0.386. The van der Waals surface area contributed by atoms with Gasteiger partial charge < -0.3 is 4.98 Å². The Bertz CT molecular complexity index is 1010. The first-order valence-corrected chi connectivity index (χ1v) is 10.2. The SMILES string of the molecule is O=S(=O)(c1cccc(Cl)c1)N1CCCC1Cc1c[nH]c2ccccc12. The minimum Gasteiger partial charge on any atom is -0.361 e. The topological polar surface area (TPSA) is 53.2 Å². The van der Waals surface area contributed by atoms with Crippen LogP contribution in [0.1, 0.15) is 18.4 Å². The van der Waals surface area contributed by atoms with Crippen LogP contribution in [0.15, 0.2) is 59.6 Å². The number of hydrogen-bond acceptors (Lipinski definition) is 2. The molecule has 6 heteroatoms. The van der Waals surface area contributed by atoms with Crippen molar-refractivity contribution >= 4 is 32.5 Å². The Labute approximate surface area is 152 Å². The quantitative estimate of drug-likeness (QED) is 0.743. The first-order valence-electron chi connectivity index (χ1n) is 8.38. The van der Waals surface area contributed by atoms with E-state index in [2.05, 4.69) is 11.1 Å². The molecule has 25 heavy (non-hydrogen) atoms. The number of fused-ring (bicyclic) bond motifs is 1. The Morgan fingerprint density at radius 2 is 2.00 bits per heavy atom. The van der Waals surface area contributed by atoms with Crippen LogP contribution in [0.5, 0.6) is 0 Å². The fourth-order valence-electron chi connectivity index (χ4n) is 3.65. The van der Waals surface area contributed by atoms with Gasteiger partial charge in [-0.25, -0.2) is 8.42 Å². The van der Waals surface area contributed by atoms with Gasteiger partial charge in [0.2, 0.25) is 10.0 Å². The van der Waals surface area contributed by atoms with Crippen molar-refractivity contribution in [2.24, 2.45) is 0 Å². The number of hydrogen-bond donors (Lipinski definition) is 1. The van der Waals surface area contributed by atoms with Gasteiger partial charge in [0.15, 0.2) is 0 Å². The zero-order chi connectivity index (χ0) is 17.4. The Kier molecular flexibility index (Phi) is 4.31. The number of H-pyrrole nitrogens is 1. The number of nitrogens with one attached hydrogen (secondary N) is 1. The van der Waals surface area contributed by atoms with Crippen LogP contribution in [0.4, 0.5) is 0 Å². The summed E-state index contributed by atoms with van der Waals surface area (Å²) in [6.07, 6.45) is 4.46. The van der Waals surface area contributed by atoms with Gasteiger partial charge in [-0.2, -0.15) is 4.31 Å². The Morgan fingerprint density at radius 3 is 2.84 bits per heavy atom. The molecule has 0 radical (unpaired) electrons. The number of nitrogens with zero attached hydrogens (tertiary/aromatic N) is 1. The van der Waals surface area contributed by atoms with Gasteiger partial charge in [0, 0.05) is 34.7 Å². The molecule has 2 heterocycles. The van der Waals surface area contributed by atoms with Crippen molar-refractivity contribution < 1.29 is 8.42 Å². The number of aromatic nitrogens is 1. The molecule has 2 aromatic carbocycles. The maximum Gasteiger partial charge on any atom is 0.243 e. The third-order valence-electron chi connectivity index (χ3n) is 4.86. The van der Waals surface area contributed by atoms with Crippen LogP contribution >= 0.6 is 11.6 Å². The Balaban J connectivity index is 1.64. The molecule has 4 rings (SSSR count). The number of para-hydroxylation sites is 1. The van der Waals surface area contributed by atoms with Crippen LogP contribution in [0.2, 0.25) is 5.02 Å². The lowest BCUT2D eigenvalue weighted by atomic mass is 10.0. The van der Waals surface area contributed by atoms with E-state index in [-0.39, 0.29) is 10.9 Å². The minimum absolute atomic E-state index is 0.0248. The summed E-state index contributed by atoms with van der Waals surface area (Å²) in [5, 5.41) is 1.60. The second-order valence-corrected chi connectivity index (χ2v) is 8.76. The van der Waals surface area contributed by atoms with E-state index in [9.17, 15) is 8.42 Å². The summed E-state index contributed by atoms with van der Waals surface area (Å²) in [7, 11) is -3.53. The predicted octanol–water partition coefficient (Wildman–Crippen LogP) is 4.22. The second-order valence-electron chi connectivity index (χ2n) is 6.43. The maximum absolute atomic E-state index is 13.0. The molecule has 0 bridgehead atoms. The Hall–Kier alpha value is -1.82. The minimum atomic E-state index is -3.53. The summed E-state index contributed by atoms with van der Waals surface area (Å²) in [4.78, 5) is 3.54. The van der Waals surface area contributed by atoms with Crippen molar-refractivity contribution in [1.82, 2.24) is 9.29 Å². The summed E-state index contributed by atoms with van der Waals surface area (Å²) < 4.78 is 27.7. The zero-order valence-electron chi connectivity index (χ0n) is 13.7. The molecule has 0 amide bonds. The Morgan fingerprint density at radius 1 is 1.16 bits per heavy atom. The molecule has 1 aliphatic rings. The van der Waals surface area contributed by atoms with E-state index >= 15 is 0 Å². The number of benzene rings is 2. The molecular formula is C19H19ClN2O2S. The average molecular weight is 375 g/mol. The second kappa shape index (κ2) is 6.48. The van der Waals surface area contributed by atoms with Crippen molar-refractivity contribution in [2.45, 2.75) is 30.2 Å². The summed E-state index contributed by atoms with van der Waals surface area (Å²) in [5.74, 6) is 0. The van der Waals surface area contributed by atoms with E-state index in [1.807, 2.05) is 24.4 Å². The maximum atomic E-state index is 13.0. The third kappa shape index (κ3) is 3.08. The van der Waals surface area contributed by atoms with Gasteiger partial charge in [-0.3, -0.25) is 0 Å². The smallest absolute Gasteiger partial charge is 0.243 e. The molecule has 0 spiro atoms. The van der Waals surface area contributed by atoms with Gasteiger partial charge in [0.05, 0.1) is 4.90 Å². The molecule has 130 valence electrons. The van der Waals surface area contributed by atoms with Gasteiger partial charge >= 0.3 is 0 Å². The van der Waals surface area contributed by atoms with Crippen molar-refractivity contribution in [3.63, 3.8) is 0 Å². The molecule has 0 saturated carbocycles. The van der Waals surface area contributed by atoms with Gasteiger partial charge in [-0.05, 0) is 49.1 Å². The van der Waals surface area contributed by atoms with E-state index in [1.165, 1.54) is 6.07 Å². The highest BCUT2D eigenvalue weighted by Crippen LogP contribution is 2.30. The molecule has 1 unspecified atom stereocenters. The largest absolute Gasteiger partial charge is 0.361 e. The van der Waals surface area contributed by atoms with E-state index in [4.69, 9.17) is 11.6 Å². The zero-order valence-corrected chi connectivity index (χ0v) is 15.2. The van der Waals surface area contributed by atoms with Crippen LogP contribution in [0.25, 0.3) is 10.9 Å².